The number of benzene rings is 6. The Hall–Kier alpha value is -4.42. The Kier molecular flexibility index (Phi) is 6.59. The molecule has 0 radical (unpaired) electrons. The Morgan fingerprint density at radius 2 is 0.529 bits per heavy atom. The zero-order valence-corrected chi connectivity index (χ0v) is 19.0. The highest BCUT2D eigenvalue weighted by atomic mass is 14.1. The SMILES string of the molecule is c1ccc(-c2ccc(-c3ccc4ccccc4c3)cc2)cc1.c1ccc(-c2ccccc2)cc1. The third-order valence-electron chi connectivity index (χ3n) is 5.96. The Balaban J connectivity index is 0.000000169. The van der Waals surface area contributed by atoms with Crippen molar-refractivity contribution in [2.24, 2.45) is 0 Å². The maximum absolute atomic E-state index is 2.26. The van der Waals surface area contributed by atoms with Crippen molar-refractivity contribution in [1.29, 1.82) is 0 Å². The molecule has 0 aliphatic carbocycles. The van der Waals surface area contributed by atoms with Crippen molar-refractivity contribution in [3.63, 3.8) is 0 Å². The molecule has 0 fully saturated rings. The van der Waals surface area contributed by atoms with Gasteiger partial charge in [-0.1, -0.05) is 152 Å². The fraction of sp³-hybridized carbons (Fsp3) is 0. The van der Waals surface area contributed by atoms with E-state index in [4.69, 9.17) is 0 Å². The average molecular weight is 435 g/mol. The van der Waals surface area contributed by atoms with Crippen LogP contribution in [0.15, 0.2) is 158 Å². The largest absolute Gasteiger partial charge is 0.0622 e. The van der Waals surface area contributed by atoms with Crippen LogP contribution in [0.2, 0.25) is 0 Å². The molecule has 0 amide bonds. The highest BCUT2D eigenvalue weighted by molar-refractivity contribution is 5.87. The predicted molar refractivity (Wildman–Crippen MR) is 147 cm³/mol. The van der Waals surface area contributed by atoms with Gasteiger partial charge in [0.2, 0.25) is 0 Å². The molecule has 0 atom stereocenters. The summed E-state index contributed by atoms with van der Waals surface area (Å²) in [5.41, 5.74) is 7.58. The number of fused-ring (bicyclic) bond motifs is 1. The first kappa shape index (κ1) is 21.4. The zero-order chi connectivity index (χ0) is 23.0. The highest BCUT2D eigenvalue weighted by Gasteiger charge is 2.01. The van der Waals surface area contributed by atoms with E-state index in [1.807, 2.05) is 18.2 Å². The van der Waals surface area contributed by atoms with Crippen LogP contribution in [0, 0.1) is 0 Å². The summed E-state index contributed by atoms with van der Waals surface area (Å²) in [5.74, 6) is 0. The molecule has 0 bridgehead atoms. The summed E-state index contributed by atoms with van der Waals surface area (Å²) in [7, 11) is 0. The maximum Gasteiger partial charge on any atom is -0.0178 e. The molecule has 0 aliphatic heterocycles. The molecule has 34 heavy (non-hydrogen) atoms. The molecule has 0 N–H and O–H groups in total. The van der Waals surface area contributed by atoms with E-state index in [0.29, 0.717) is 0 Å². The van der Waals surface area contributed by atoms with Gasteiger partial charge in [0.05, 0.1) is 0 Å². The first-order chi connectivity index (χ1) is 16.9. The van der Waals surface area contributed by atoms with Gasteiger partial charge in [-0.05, 0) is 50.2 Å². The summed E-state index contributed by atoms with van der Waals surface area (Å²) >= 11 is 0. The molecule has 0 unspecified atom stereocenters. The molecule has 6 aromatic carbocycles. The van der Waals surface area contributed by atoms with Crippen molar-refractivity contribution in [1.82, 2.24) is 0 Å². The molecule has 0 saturated heterocycles. The third-order valence-corrected chi connectivity index (χ3v) is 5.96. The summed E-state index contributed by atoms with van der Waals surface area (Å²) in [6.45, 7) is 0. The summed E-state index contributed by atoms with van der Waals surface area (Å²) in [4.78, 5) is 0. The normalized spacial score (nSPS) is 10.4. The lowest BCUT2D eigenvalue weighted by Crippen LogP contribution is -1.81. The average Bonchev–Trinajstić information content (AvgIpc) is 2.95. The molecular formula is C34H26. The van der Waals surface area contributed by atoms with Crippen LogP contribution < -0.4 is 0 Å². The van der Waals surface area contributed by atoms with Gasteiger partial charge in [-0.15, -0.1) is 0 Å². The van der Waals surface area contributed by atoms with Crippen LogP contribution in [-0.2, 0) is 0 Å². The smallest absolute Gasteiger partial charge is 0.0178 e. The topological polar surface area (TPSA) is 0 Å². The molecule has 162 valence electrons. The zero-order valence-electron chi connectivity index (χ0n) is 19.0. The van der Waals surface area contributed by atoms with Crippen molar-refractivity contribution < 1.29 is 0 Å². The fourth-order valence-corrected chi connectivity index (χ4v) is 4.12. The molecule has 0 heterocycles. The van der Waals surface area contributed by atoms with E-state index in [2.05, 4.69) is 140 Å². The van der Waals surface area contributed by atoms with Gasteiger partial charge in [-0.2, -0.15) is 0 Å². The first-order valence-electron chi connectivity index (χ1n) is 11.6. The second-order valence-corrected chi connectivity index (χ2v) is 8.24. The fourth-order valence-electron chi connectivity index (χ4n) is 4.12. The van der Waals surface area contributed by atoms with E-state index in [0.717, 1.165) is 0 Å². The summed E-state index contributed by atoms with van der Waals surface area (Å²) in [6, 6.07) is 55.2. The van der Waals surface area contributed by atoms with E-state index in [1.165, 1.54) is 44.2 Å². The lowest BCUT2D eigenvalue weighted by molar-refractivity contribution is 1.60. The van der Waals surface area contributed by atoms with Crippen LogP contribution in [-0.4, -0.2) is 0 Å². The quantitative estimate of drug-likeness (QED) is 0.260. The van der Waals surface area contributed by atoms with Gasteiger partial charge >= 0.3 is 0 Å². The molecule has 0 heteroatoms. The van der Waals surface area contributed by atoms with Gasteiger partial charge in [-0.25, -0.2) is 0 Å². The Morgan fingerprint density at radius 3 is 1.00 bits per heavy atom. The van der Waals surface area contributed by atoms with Gasteiger partial charge in [0, 0.05) is 0 Å². The molecule has 0 spiro atoms. The van der Waals surface area contributed by atoms with Crippen LogP contribution in [0.3, 0.4) is 0 Å². The molecule has 6 rings (SSSR count). The lowest BCUT2D eigenvalue weighted by atomic mass is 9.98. The van der Waals surface area contributed by atoms with Crippen molar-refractivity contribution >= 4 is 10.8 Å². The highest BCUT2D eigenvalue weighted by Crippen LogP contribution is 2.27. The molecular weight excluding hydrogens is 408 g/mol. The summed E-state index contributed by atoms with van der Waals surface area (Å²) in [6.07, 6.45) is 0. The van der Waals surface area contributed by atoms with E-state index in [1.54, 1.807) is 0 Å². The van der Waals surface area contributed by atoms with Gasteiger partial charge in [0.15, 0.2) is 0 Å². The van der Waals surface area contributed by atoms with Crippen LogP contribution >= 0.6 is 0 Å². The minimum absolute atomic E-state index is 1.25. The Morgan fingerprint density at radius 1 is 0.206 bits per heavy atom. The maximum atomic E-state index is 2.26. The van der Waals surface area contributed by atoms with E-state index in [9.17, 15) is 0 Å². The summed E-state index contributed by atoms with van der Waals surface area (Å²) in [5, 5.41) is 2.57. The monoisotopic (exact) mass is 434 g/mol. The second-order valence-electron chi connectivity index (χ2n) is 8.24. The van der Waals surface area contributed by atoms with E-state index >= 15 is 0 Å². The van der Waals surface area contributed by atoms with Crippen LogP contribution in [0.1, 0.15) is 0 Å². The predicted octanol–water partition coefficient (Wildman–Crippen LogP) is 9.53. The number of rotatable bonds is 3. The van der Waals surface area contributed by atoms with E-state index < -0.39 is 0 Å². The second kappa shape index (κ2) is 10.5. The first-order valence-corrected chi connectivity index (χ1v) is 11.6. The molecule has 0 saturated carbocycles. The number of hydrogen-bond donors (Lipinski definition) is 0. The Bertz CT molecular complexity index is 1410. The lowest BCUT2D eigenvalue weighted by Gasteiger charge is -2.06. The van der Waals surface area contributed by atoms with Crippen LogP contribution in [0.25, 0.3) is 44.2 Å². The van der Waals surface area contributed by atoms with Gasteiger partial charge in [0.1, 0.15) is 0 Å². The van der Waals surface area contributed by atoms with Crippen molar-refractivity contribution in [2.75, 3.05) is 0 Å². The van der Waals surface area contributed by atoms with Crippen LogP contribution in [0.5, 0.6) is 0 Å². The molecule has 0 aromatic heterocycles. The summed E-state index contributed by atoms with van der Waals surface area (Å²) < 4.78 is 0. The van der Waals surface area contributed by atoms with Crippen LogP contribution in [0.4, 0.5) is 0 Å². The van der Waals surface area contributed by atoms with Crippen molar-refractivity contribution in [3.05, 3.63) is 158 Å². The molecule has 0 aliphatic rings. The van der Waals surface area contributed by atoms with Gasteiger partial charge < -0.3 is 0 Å². The minimum Gasteiger partial charge on any atom is -0.0622 e. The molecule has 0 nitrogen and oxygen atoms in total. The minimum atomic E-state index is 1.25. The van der Waals surface area contributed by atoms with Crippen molar-refractivity contribution in [2.45, 2.75) is 0 Å². The number of hydrogen-bond acceptors (Lipinski definition) is 0. The van der Waals surface area contributed by atoms with Gasteiger partial charge in [0.25, 0.3) is 0 Å². The molecule has 6 aromatic rings. The van der Waals surface area contributed by atoms with Crippen molar-refractivity contribution in [3.8, 4) is 33.4 Å². The standard InChI is InChI=1S/C22H16.C12H10/c1-2-6-17(7-3-1)19-10-12-20(13-11-19)22-15-14-18-8-4-5-9-21(18)16-22;1-3-7-11(8-4-1)12-9-5-2-6-10-12/h1-16H;1-10H. The van der Waals surface area contributed by atoms with E-state index in [-0.39, 0.29) is 0 Å². The Labute approximate surface area is 201 Å². The van der Waals surface area contributed by atoms with Gasteiger partial charge in [-0.3, -0.25) is 0 Å². The third kappa shape index (κ3) is 5.14.